The van der Waals surface area contributed by atoms with Gasteiger partial charge in [0.2, 0.25) is 5.89 Å². The van der Waals surface area contributed by atoms with Crippen molar-refractivity contribution < 1.29 is 4.52 Å². The Hall–Kier alpha value is -0.860. The van der Waals surface area contributed by atoms with E-state index in [2.05, 4.69) is 32.7 Å². The molecule has 0 aromatic carbocycles. The zero-order valence-electron chi connectivity index (χ0n) is 15.7. The fourth-order valence-electron chi connectivity index (χ4n) is 3.27. The Morgan fingerprint density at radius 1 is 1.20 bits per heavy atom. The fourth-order valence-corrected chi connectivity index (χ4v) is 3.27. The monoisotopic (exact) mass is 463 g/mol. The second-order valence-corrected chi connectivity index (χ2v) is 6.67. The molecule has 1 heterocycles. The number of rotatable bonds is 10. The molecular formula is C18H34IN5O. The molecule has 1 fully saturated rings. The summed E-state index contributed by atoms with van der Waals surface area (Å²) in [6.07, 6.45) is 11.5. The second kappa shape index (κ2) is 13.4. The summed E-state index contributed by atoms with van der Waals surface area (Å²) in [6.45, 7) is 6.58. The number of aryl methyl sites for hydroxylation is 2. The highest BCUT2D eigenvalue weighted by Gasteiger charge is 2.13. The number of aliphatic imine (C=N–C) groups is 1. The first-order valence-electron chi connectivity index (χ1n) is 9.59. The largest absolute Gasteiger partial charge is 0.357 e. The number of guanidine groups is 1. The van der Waals surface area contributed by atoms with Crippen molar-refractivity contribution in [2.45, 2.75) is 71.6 Å². The summed E-state index contributed by atoms with van der Waals surface area (Å²) in [7, 11) is 0. The maximum atomic E-state index is 5.11. The number of halogens is 1. The lowest BCUT2D eigenvalue weighted by molar-refractivity contribution is 0.372. The van der Waals surface area contributed by atoms with E-state index in [1.807, 2.05) is 6.92 Å². The second-order valence-electron chi connectivity index (χ2n) is 6.67. The average Bonchev–Trinajstić information content (AvgIpc) is 3.22. The van der Waals surface area contributed by atoms with E-state index in [9.17, 15) is 0 Å². The van der Waals surface area contributed by atoms with Gasteiger partial charge in [0.15, 0.2) is 11.8 Å². The number of unbranched alkanes of at least 4 members (excludes halogenated alkanes) is 1. The highest BCUT2D eigenvalue weighted by atomic mass is 127. The van der Waals surface area contributed by atoms with Crippen LogP contribution in [0.25, 0.3) is 0 Å². The molecule has 144 valence electrons. The van der Waals surface area contributed by atoms with Crippen LogP contribution in [0.5, 0.6) is 0 Å². The van der Waals surface area contributed by atoms with Gasteiger partial charge in [0.1, 0.15) is 0 Å². The van der Waals surface area contributed by atoms with Gasteiger partial charge in [0.25, 0.3) is 0 Å². The molecule has 0 spiro atoms. The van der Waals surface area contributed by atoms with Crippen molar-refractivity contribution in [2.75, 3.05) is 19.6 Å². The van der Waals surface area contributed by atoms with Crippen molar-refractivity contribution >= 4 is 29.9 Å². The van der Waals surface area contributed by atoms with Crippen LogP contribution in [0, 0.1) is 12.8 Å². The zero-order chi connectivity index (χ0) is 17.0. The van der Waals surface area contributed by atoms with Crippen LogP contribution in [0.15, 0.2) is 9.52 Å². The molecule has 2 N–H and O–H groups in total. The highest BCUT2D eigenvalue weighted by molar-refractivity contribution is 14.0. The molecule has 0 atom stereocenters. The smallest absolute Gasteiger partial charge is 0.226 e. The van der Waals surface area contributed by atoms with Crippen molar-refractivity contribution in [3.8, 4) is 0 Å². The summed E-state index contributed by atoms with van der Waals surface area (Å²) >= 11 is 0. The van der Waals surface area contributed by atoms with Crippen molar-refractivity contribution in [3.63, 3.8) is 0 Å². The minimum atomic E-state index is 0. The summed E-state index contributed by atoms with van der Waals surface area (Å²) in [5.74, 6) is 3.31. The maximum Gasteiger partial charge on any atom is 0.226 e. The molecule has 2 rings (SSSR count). The van der Waals surface area contributed by atoms with Gasteiger partial charge in [-0.2, -0.15) is 4.98 Å². The molecule has 1 aromatic rings. The van der Waals surface area contributed by atoms with Crippen LogP contribution in [0.3, 0.4) is 0 Å². The van der Waals surface area contributed by atoms with Gasteiger partial charge >= 0.3 is 0 Å². The molecule has 1 saturated carbocycles. The number of nitrogens with zero attached hydrogens (tertiary/aromatic N) is 3. The Bertz CT molecular complexity index is 486. The predicted molar refractivity (Wildman–Crippen MR) is 113 cm³/mol. The fraction of sp³-hybridized carbons (Fsp3) is 0.833. The number of hydrogen-bond acceptors (Lipinski definition) is 4. The van der Waals surface area contributed by atoms with E-state index < -0.39 is 0 Å². The van der Waals surface area contributed by atoms with E-state index in [1.54, 1.807) is 0 Å². The van der Waals surface area contributed by atoms with Gasteiger partial charge in [-0.25, -0.2) is 0 Å². The van der Waals surface area contributed by atoms with Gasteiger partial charge in [-0.1, -0.05) is 43.7 Å². The van der Waals surface area contributed by atoms with Crippen molar-refractivity contribution in [1.82, 2.24) is 20.8 Å². The van der Waals surface area contributed by atoms with Gasteiger partial charge in [-0.05, 0) is 32.6 Å². The summed E-state index contributed by atoms with van der Waals surface area (Å²) in [5.41, 5.74) is 0. The van der Waals surface area contributed by atoms with Crippen LogP contribution in [-0.4, -0.2) is 35.7 Å². The molecule has 25 heavy (non-hydrogen) atoms. The molecule has 0 amide bonds. The highest BCUT2D eigenvalue weighted by Crippen LogP contribution is 2.28. The SMILES string of the molecule is CCNC(=NCCCc1nc(C)no1)NCCCCC1CCCC1.I. The third-order valence-corrected chi connectivity index (χ3v) is 4.54. The van der Waals surface area contributed by atoms with Crippen LogP contribution < -0.4 is 10.6 Å². The molecule has 1 aliphatic carbocycles. The van der Waals surface area contributed by atoms with E-state index in [1.165, 1.54) is 44.9 Å². The Kier molecular flexibility index (Phi) is 11.9. The third kappa shape index (κ3) is 9.42. The van der Waals surface area contributed by atoms with E-state index in [0.717, 1.165) is 44.4 Å². The summed E-state index contributed by atoms with van der Waals surface area (Å²) < 4.78 is 5.11. The first-order chi connectivity index (χ1) is 11.8. The van der Waals surface area contributed by atoms with Crippen LogP contribution in [0.2, 0.25) is 0 Å². The maximum absolute atomic E-state index is 5.11. The molecule has 1 aromatic heterocycles. The number of aromatic nitrogens is 2. The quantitative estimate of drug-likeness (QED) is 0.239. The molecule has 0 aliphatic heterocycles. The number of nitrogens with one attached hydrogen (secondary N) is 2. The minimum Gasteiger partial charge on any atom is -0.357 e. The predicted octanol–water partition coefficient (Wildman–Crippen LogP) is 3.84. The van der Waals surface area contributed by atoms with E-state index >= 15 is 0 Å². The van der Waals surface area contributed by atoms with Gasteiger partial charge in [0.05, 0.1) is 0 Å². The van der Waals surface area contributed by atoms with Crippen LogP contribution >= 0.6 is 24.0 Å². The first-order valence-corrected chi connectivity index (χ1v) is 9.59. The molecule has 0 unspecified atom stereocenters. The van der Waals surface area contributed by atoms with Crippen LogP contribution in [-0.2, 0) is 6.42 Å². The van der Waals surface area contributed by atoms with Crippen LogP contribution in [0.1, 0.15) is 70.0 Å². The Morgan fingerprint density at radius 3 is 2.68 bits per heavy atom. The zero-order valence-corrected chi connectivity index (χ0v) is 18.1. The van der Waals surface area contributed by atoms with Gasteiger partial charge in [-0.15, -0.1) is 24.0 Å². The van der Waals surface area contributed by atoms with Gasteiger partial charge in [-0.3, -0.25) is 4.99 Å². The molecule has 7 heteroatoms. The molecule has 1 aliphatic rings. The van der Waals surface area contributed by atoms with Gasteiger partial charge in [0, 0.05) is 26.1 Å². The van der Waals surface area contributed by atoms with Crippen LogP contribution in [0.4, 0.5) is 0 Å². The molecule has 0 bridgehead atoms. The van der Waals surface area contributed by atoms with Gasteiger partial charge < -0.3 is 15.2 Å². The lowest BCUT2D eigenvalue weighted by Gasteiger charge is -2.12. The van der Waals surface area contributed by atoms with E-state index in [4.69, 9.17) is 4.52 Å². The summed E-state index contributed by atoms with van der Waals surface area (Å²) in [5, 5.41) is 10.5. The van der Waals surface area contributed by atoms with E-state index in [0.29, 0.717) is 11.7 Å². The van der Waals surface area contributed by atoms with E-state index in [-0.39, 0.29) is 24.0 Å². The lowest BCUT2D eigenvalue weighted by atomic mass is 10.0. The molecular weight excluding hydrogens is 429 g/mol. The normalized spacial score (nSPS) is 15.2. The molecule has 0 saturated heterocycles. The van der Waals surface area contributed by atoms with Crippen molar-refractivity contribution in [1.29, 1.82) is 0 Å². The topological polar surface area (TPSA) is 75.3 Å². The third-order valence-electron chi connectivity index (χ3n) is 4.54. The standard InChI is InChI=1S/C18H33N5O.HI/c1-3-19-18(20-13-7-6-11-16-9-4-5-10-16)21-14-8-12-17-22-15(2)23-24-17;/h16H,3-14H2,1-2H3,(H2,19,20,21);1H. The minimum absolute atomic E-state index is 0. The molecule has 0 radical (unpaired) electrons. The Labute approximate surface area is 169 Å². The van der Waals surface area contributed by atoms with Crippen molar-refractivity contribution in [2.24, 2.45) is 10.9 Å². The Balaban J connectivity index is 0.00000312. The van der Waals surface area contributed by atoms with Crippen molar-refractivity contribution in [3.05, 3.63) is 11.7 Å². The number of hydrogen-bond donors (Lipinski definition) is 2. The molecule has 6 nitrogen and oxygen atoms in total. The lowest BCUT2D eigenvalue weighted by Crippen LogP contribution is -2.37. The summed E-state index contributed by atoms with van der Waals surface area (Å²) in [6, 6.07) is 0. The Morgan fingerprint density at radius 2 is 2.00 bits per heavy atom. The summed E-state index contributed by atoms with van der Waals surface area (Å²) in [4.78, 5) is 8.82. The average molecular weight is 463 g/mol. The first kappa shape index (κ1) is 22.2.